The molecule has 1 fully saturated rings. The first-order valence-corrected chi connectivity index (χ1v) is 7.09. The Hall–Kier alpha value is -0.860. The predicted molar refractivity (Wildman–Crippen MR) is 75.7 cm³/mol. The summed E-state index contributed by atoms with van der Waals surface area (Å²) in [6.45, 7) is 5.41. The van der Waals surface area contributed by atoms with Crippen LogP contribution in [-0.4, -0.2) is 19.8 Å². The highest BCUT2D eigenvalue weighted by Gasteiger charge is 2.37. The highest BCUT2D eigenvalue weighted by molar-refractivity contribution is 5.26. The third-order valence-corrected chi connectivity index (χ3v) is 3.70. The molecule has 100 valence electrons. The van der Waals surface area contributed by atoms with E-state index in [4.69, 9.17) is 4.74 Å². The van der Waals surface area contributed by atoms with Gasteiger partial charge in [-0.3, -0.25) is 0 Å². The van der Waals surface area contributed by atoms with E-state index in [1.807, 2.05) is 7.11 Å². The van der Waals surface area contributed by atoms with Gasteiger partial charge in [0.15, 0.2) is 0 Å². The molecule has 2 atom stereocenters. The molecule has 0 aliphatic heterocycles. The van der Waals surface area contributed by atoms with Crippen LogP contribution in [0, 0.1) is 12.8 Å². The van der Waals surface area contributed by atoms with Crippen molar-refractivity contribution in [3.63, 3.8) is 0 Å². The second-order valence-corrected chi connectivity index (χ2v) is 5.38. The van der Waals surface area contributed by atoms with Crippen LogP contribution in [0.25, 0.3) is 0 Å². The molecule has 1 N–H and O–H groups in total. The van der Waals surface area contributed by atoms with E-state index in [0.29, 0.717) is 12.1 Å². The topological polar surface area (TPSA) is 21.3 Å². The number of hydrogen-bond donors (Lipinski definition) is 1. The van der Waals surface area contributed by atoms with Crippen molar-refractivity contribution in [1.82, 2.24) is 5.32 Å². The molecule has 2 unspecified atom stereocenters. The summed E-state index contributed by atoms with van der Waals surface area (Å²) in [5.74, 6) is 0.741. The Morgan fingerprint density at radius 2 is 2.17 bits per heavy atom. The quantitative estimate of drug-likeness (QED) is 0.796. The lowest BCUT2D eigenvalue weighted by Gasteiger charge is -2.28. The van der Waals surface area contributed by atoms with Gasteiger partial charge in [0.05, 0.1) is 12.1 Å². The van der Waals surface area contributed by atoms with Gasteiger partial charge in [-0.25, -0.2) is 0 Å². The summed E-state index contributed by atoms with van der Waals surface area (Å²) in [6, 6.07) is 9.13. The van der Waals surface area contributed by atoms with Gasteiger partial charge in [0.25, 0.3) is 0 Å². The molecule has 1 aromatic carbocycles. The summed E-state index contributed by atoms with van der Waals surface area (Å²) in [4.78, 5) is 0. The van der Waals surface area contributed by atoms with Crippen LogP contribution in [0.4, 0.5) is 0 Å². The second-order valence-electron chi connectivity index (χ2n) is 5.38. The van der Waals surface area contributed by atoms with E-state index in [1.54, 1.807) is 0 Å². The maximum absolute atomic E-state index is 5.77. The zero-order chi connectivity index (χ0) is 13.0. The molecule has 2 rings (SSSR count). The van der Waals surface area contributed by atoms with Crippen LogP contribution in [0.3, 0.4) is 0 Å². The van der Waals surface area contributed by atoms with Gasteiger partial charge in [-0.05, 0) is 44.2 Å². The Labute approximate surface area is 111 Å². The van der Waals surface area contributed by atoms with E-state index in [9.17, 15) is 0 Å². The maximum Gasteiger partial charge on any atom is 0.0794 e. The molecular weight excluding hydrogens is 222 g/mol. The van der Waals surface area contributed by atoms with Crippen LogP contribution < -0.4 is 5.32 Å². The van der Waals surface area contributed by atoms with Crippen LogP contribution in [0.1, 0.15) is 43.4 Å². The molecule has 1 aliphatic carbocycles. The van der Waals surface area contributed by atoms with Crippen molar-refractivity contribution in [1.29, 1.82) is 0 Å². The number of rotatable bonds is 7. The summed E-state index contributed by atoms with van der Waals surface area (Å²) >= 11 is 0. The molecule has 0 bridgehead atoms. The number of benzene rings is 1. The number of nitrogens with one attached hydrogen (secondary N) is 1. The maximum atomic E-state index is 5.77. The Morgan fingerprint density at radius 1 is 1.39 bits per heavy atom. The number of aryl methyl sites for hydroxylation is 1. The van der Waals surface area contributed by atoms with E-state index < -0.39 is 0 Å². The second kappa shape index (κ2) is 6.35. The van der Waals surface area contributed by atoms with E-state index >= 15 is 0 Å². The van der Waals surface area contributed by atoms with Crippen LogP contribution in [0.15, 0.2) is 24.3 Å². The fraction of sp³-hybridized carbons (Fsp3) is 0.625. The summed E-state index contributed by atoms with van der Waals surface area (Å²) in [5.41, 5.74) is 2.68. The number of methoxy groups -OCH3 is 1. The number of ether oxygens (including phenoxy) is 1. The molecule has 0 amide bonds. The van der Waals surface area contributed by atoms with Gasteiger partial charge < -0.3 is 10.1 Å². The lowest BCUT2D eigenvalue weighted by molar-refractivity contribution is 0.0507. The predicted octanol–water partition coefficient (Wildman–Crippen LogP) is 3.46. The third-order valence-electron chi connectivity index (χ3n) is 3.70. The van der Waals surface area contributed by atoms with Crippen LogP contribution in [0.2, 0.25) is 0 Å². The van der Waals surface area contributed by atoms with Crippen molar-refractivity contribution < 1.29 is 4.74 Å². The molecule has 1 saturated carbocycles. The third kappa shape index (κ3) is 3.33. The molecule has 2 nitrogen and oxygen atoms in total. The molecule has 0 spiro atoms. The van der Waals surface area contributed by atoms with Crippen molar-refractivity contribution in [2.24, 2.45) is 5.92 Å². The Morgan fingerprint density at radius 3 is 2.72 bits per heavy atom. The highest BCUT2D eigenvalue weighted by atomic mass is 16.5. The first kappa shape index (κ1) is 13.6. The van der Waals surface area contributed by atoms with E-state index in [0.717, 1.165) is 18.9 Å². The Kier molecular flexibility index (Phi) is 4.79. The van der Waals surface area contributed by atoms with Crippen molar-refractivity contribution in [2.45, 2.75) is 45.3 Å². The molecule has 1 aliphatic rings. The fourth-order valence-electron chi connectivity index (χ4n) is 2.61. The van der Waals surface area contributed by atoms with Gasteiger partial charge in [0.1, 0.15) is 0 Å². The van der Waals surface area contributed by atoms with Gasteiger partial charge in [-0.2, -0.15) is 0 Å². The standard InChI is InChI=1S/C16H25NO/c1-4-10-17-15(16(18-3)13-8-9-13)14-7-5-6-12(2)11-14/h5-7,11,13,15-17H,4,8-10H2,1-3H3. The molecule has 18 heavy (non-hydrogen) atoms. The van der Waals surface area contributed by atoms with Gasteiger partial charge >= 0.3 is 0 Å². The molecule has 2 heteroatoms. The van der Waals surface area contributed by atoms with Crippen molar-refractivity contribution in [3.8, 4) is 0 Å². The van der Waals surface area contributed by atoms with Crippen molar-refractivity contribution in [2.75, 3.05) is 13.7 Å². The first-order valence-electron chi connectivity index (χ1n) is 7.09. The number of hydrogen-bond acceptors (Lipinski definition) is 2. The van der Waals surface area contributed by atoms with Crippen LogP contribution >= 0.6 is 0 Å². The largest absolute Gasteiger partial charge is 0.379 e. The van der Waals surface area contributed by atoms with Crippen molar-refractivity contribution >= 4 is 0 Å². The molecule has 0 saturated heterocycles. The first-order chi connectivity index (χ1) is 8.76. The Bertz CT molecular complexity index is 373. The lowest BCUT2D eigenvalue weighted by Crippen LogP contribution is -2.35. The molecule has 0 radical (unpaired) electrons. The zero-order valence-corrected chi connectivity index (χ0v) is 11.8. The zero-order valence-electron chi connectivity index (χ0n) is 11.8. The summed E-state index contributed by atoms with van der Waals surface area (Å²) in [6.07, 6.45) is 4.10. The molecular formula is C16H25NO. The van der Waals surface area contributed by atoms with Crippen molar-refractivity contribution in [3.05, 3.63) is 35.4 Å². The fourth-order valence-corrected chi connectivity index (χ4v) is 2.61. The summed E-state index contributed by atoms with van der Waals surface area (Å²) in [5, 5.41) is 3.66. The van der Waals surface area contributed by atoms with Gasteiger partial charge in [-0.15, -0.1) is 0 Å². The molecule has 1 aromatic rings. The highest BCUT2D eigenvalue weighted by Crippen LogP contribution is 2.39. The molecule has 0 heterocycles. The Balaban J connectivity index is 2.17. The minimum atomic E-state index is 0.318. The van der Waals surface area contributed by atoms with Gasteiger partial charge in [0.2, 0.25) is 0 Å². The summed E-state index contributed by atoms with van der Waals surface area (Å²) in [7, 11) is 1.85. The van der Waals surface area contributed by atoms with E-state index in [2.05, 4.69) is 43.4 Å². The smallest absolute Gasteiger partial charge is 0.0794 e. The van der Waals surface area contributed by atoms with Gasteiger partial charge in [-0.1, -0.05) is 36.8 Å². The van der Waals surface area contributed by atoms with Gasteiger partial charge in [0, 0.05) is 7.11 Å². The van der Waals surface area contributed by atoms with Crippen LogP contribution in [0.5, 0.6) is 0 Å². The summed E-state index contributed by atoms with van der Waals surface area (Å²) < 4.78 is 5.77. The minimum Gasteiger partial charge on any atom is -0.379 e. The van der Waals surface area contributed by atoms with E-state index in [1.165, 1.54) is 24.0 Å². The van der Waals surface area contributed by atoms with Crippen LogP contribution in [-0.2, 0) is 4.74 Å². The average Bonchev–Trinajstić information content (AvgIpc) is 3.18. The monoisotopic (exact) mass is 247 g/mol. The SMILES string of the molecule is CCCNC(c1cccc(C)c1)C(OC)C1CC1. The van der Waals surface area contributed by atoms with E-state index in [-0.39, 0.29) is 0 Å². The normalized spacial score (nSPS) is 18.6. The molecule has 0 aromatic heterocycles. The minimum absolute atomic E-state index is 0.318. The lowest BCUT2D eigenvalue weighted by atomic mass is 9.96. The average molecular weight is 247 g/mol.